The lowest BCUT2D eigenvalue weighted by Gasteiger charge is -2.22. The number of benzene rings is 2. The number of aryl methyl sites for hydroxylation is 2. The van der Waals surface area contributed by atoms with Crippen molar-refractivity contribution in [3.8, 4) is 5.00 Å². The van der Waals surface area contributed by atoms with Gasteiger partial charge in [0.25, 0.3) is 0 Å². The van der Waals surface area contributed by atoms with Gasteiger partial charge in [-0.2, -0.15) is 0 Å². The summed E-state index contributed by atoms with van der Waals surface area (Å²) in [6.07, 6.45) is 7.14. The number of aliphatic imine (C=N–C) groups is 1. The van der Waals surface area contributed by atoms with Crippen molar-refractivity contribution in [1.82, 2.24) is 34.9 Å². The molecule has 0 spiro atoms. The van der Waals surface area contributed by atoms with Crippen molar-refractivity contribution in [1.29, 1.82) is 0 Å². The first-order valence-electron chi connectivity index (χ1n) is 18.3. The van der Waals surface area contributed by atoms with Gasteiger partial charge in [0.1, 0.15) is 22.9 Å². The molecule has 3 N–H and O–H groups in total. The van der Waals surface area contributed by atoms with E-state index < -0.39 is 12.1 Å². The lowest BCUT2D eigenvalue weighted by atomic mass is 9.99. The summed E-state index contributed by atoms with van der Waals surface area (Å²) in [5.74, 6) is 0.602. The van der Waals surface area contributed by atoms with Crippen LogP contribution in [0.3, 0.4) is 0 Å². The van der Waals surface area contributed by atoms with Crippen LogP contribution in [0.25, 0.3) is 16.0 Å². The summed E-state index contributed by atoms with van der Waals surface area (Å²) in [6, 6.07) is 12.0. The number of piperidine rings is 1. The summed E-state index contributed by atoms with van der Waals surface area (Å²) in [4.78, 5) is 60.7. The van der Waals surface area contributed by atoms with E-state index in [9.17, 15) is 19.2 Å². The van der Waals surface area contributed by atoms with Gasteiger partial charge in [0.15, 0.2) is 5.82 Å². The average Bonchev–Trinajstić information content (AvgIpc) is 3.79. The summed E-state index contributed by atoms with van der Waals surface area (Å²) in [6.45, 7) is 6.67. The number of halogens is 1. The highest BCUT2D eigenvalue weighted by Crippen LogP contribution is 2.39. The Bertz CT molecular complexity index is 2270. The molecule has 1 unspecified atom stereocenters. The molecule has 7 rings (SSSR count). The number of hydrogen-bond acceptors (Lipinski definition) is 9. The minimum Gasteiger partial charge on any atom is -0.356 e. The van der Waals surface area contributed by atoms with Crippen LogP contribution in [-0.4, -0.2) is 60.2 Å². The highest BCUT2D eigenvalue weighted by Gasteiger charge is 2.33. The topological polar surface area (TPSA) is 165 Å². The molecule has 0 bridgehead atoms. The highest BCUT2D eigenvalue weighted by molar-refractivity contribution is 7.15. The third kappa shape index (κ3) is 7.85. The minimum atomic E-state index is -0.520. The third-order valence-electron chi connectivity index (χ3n) is 10.0. The molecule has 5 aromatic rings. The summed E-state index contributed by atoms with van der Waals surface area (Å²) >= 11 is 7.90. The summed E-state index contributed by atoms with van der Waals surface area (Å²) in [5.41, 5.74) is 5.97. The number of imidazole rings is 1. The fourth-order valence-electron chi connectivity index (χ4n) is 7.07. The highest BCUT2D eigenvalue weighted by atomic mass is 35.5. The van der Waals surface area contributed by atoms with Gasteiger partial charge in [0, 0.05) is 46.1 Å². The predicted molar refractivity (Wildman–Crippen MR) is 208 cm³/mol. The number of unbranched alkanes of at least 4 members (excludes halogenated alkanes) is 4. The van der Waals surface area contributed by atoms with Gasteiger partial charge in [-0.1, -0.05) is 43.0 Å². The molecule has 0 saturated carbocycles. The van der Waals surface area contributed by atoms with Crippen molar-refractivity contribution in [2.45, 2.75) is 90.6 Å². The van der Waals surface area contributed by atoms with Gasteiger partial charge >= 0.3 is 0 Å². The molecule has 3 aromatic heterocycles. The van der Waals surface area contributed by atoms with Crippen LogP contribution in [-0.2, 0) is 19.2 Å². The maximum atomic E-state index is 13.3. The van der Waals surface area contributed by atoms with Gasteiger partial charge in [0.05, 0.1) is 29.5 Å². The van der Waals surface area contributed by atoms with E-state index in [-0.39, 0.29) is 36.5 Å². The fraction of sp³-hybridized carbons (Fsp3) is 0.385. The smallest absolute Gasteiger partial charge is 0.249 e. The van der Waals surface area contributed by atoms with Gasteiger partial charge in [-0.15, -0.1) is 21.5 Å². The number of thiophene rings is 1. The number of aromatic nitrogens is 5. The van der Waals surface area contributed by atoms with Gasteiger partial charge in [-0.05, 0) is 75.9 Å². The normalized spacial score (nSPS) is 16.7. The van der Waals surface area contributed by atoms with Crippen LogP contribution in [0.4, 0.5) is 5.69 Å². The maximum Gasteiger partial charge on any atom is 0.249 e. The van der Waals surface area contributed by atoms with E-state index in [4.69, 9.17) is 16.6 Å². The fourth-order valence-corrected chi connectivity index (χ4v) is 8.41. The molecule has 1 saturated heterocycles. The number of nitrogens with zero attached hydrogens (tertiary/aromatic N) is 6. The SMILES string of the molecule is Cc1sc2c(c1C)C(c1ccc(Cl)cc1)=N[C@@H](CC(=O)NCCCCCCCC(=O)Nc1ccc3ncn(C4CCC(=O)NC4=O)c3c1)c1nnc(C)n1-2. The minimum absolute atomic E-state index is 0.0829. The standard InChI is InChI=1S/C39H42ClN9O4S/c1-22-23(2)54-39-35(22)36(25-10-12-26(40)13-11-25)44-29(37-47-46-24(3)49(37)39)20-34(52)41-18-8-6-4-5-7-9-32(50)43-27-14-15-28-31(19-27)48(21-42-28)30-16-17-33(51)45-38(30)53/h10-15,19,21,29-30H,4-9,16-18,20H2,1-3H3,(H,41,52)(H,43,50)(H,45,51,53)/t29-,30?/m0/s1. The molecule has 54 heavy (non-hydrogen) atoms. The first kappa shape index (κ1) is 37.1. The monoisotopic (exact) mass is 767 g/mol. The van der Waals surface area contributed by atoms with E-state index in [1.165, 1.54) is 4.88 Å². The molecule has 2 aliphatic heterocycles. The first-order chi connectivity index (χ1) is 26.1. The van der Waals surface area contributed by atoms with Crippen LogP contribution in [0, 0.1) is 20.8 Å². The van der Waals surface area contributed by atoms with Gasteiger partial charge in [0.2, 0.25) is 23.6 Å². The Balaban J connectivity index is 0.873. The largest absolute Gasteiger partial charge is 0.356 e. The van der Waals surface area contributed by atoms with Crippen molar-refractivity contribution in [2.24, 2.45) is 4.99 Å². The van der Waals surface area contributed by atoms with Crippen molar-refractivity contribution in [2.75, 3.05) is 11.9 Å². The predicted octanol–water partition coefficient (Wildman–Crippen LogP) is 6.61. The van der Waals surface area contributed by atoms with Crippen LogP contribution >= 0.6 is 22.9 Å². The molecule has 4 amide bonds. The Hall–Kier alpha value is -5.21. The number of nitrogens with one attached hydrogen (secondary N) is 3. The van der Waals surface area contributed by atoms with Gasteiger partial charge < -0.3 is 15.2 Å². The Labute approximate surface area is 321 Å². The van der Waals surface area contributed by atoms with Gasteiger partial charge in [-0.3, -0.25) is 34.1 Å². The second-order valence-corrected chi connectivity index (χ2v) is 15.5. The molecule has 1 fully saturated rings. The second kappa shape index (κ2) is 16.0. The number of hydrogen-bond donors (Lipinski definition) is 3. The van der Waals surface area contributed by atoms with Crippen LogP contribution in [0.1, 0.15) is 103 Å². The van der Waals surface area contributed by atoms with E-state index in [0.29, 0.717) is 41.4 Å². The quantitative estimate of drug-likeness (QED) is 0.0896. The lowest BCUT2D eigenvalue weighted by Crippen LogP contribution is -2.41. The van der Waals surface area contributed by atoms with Gasteiger partial charge in [-0.25, -0.2) is 4.98 Å². The molecule has 0 aliphatic carbocycles. The average molecular weight is 768 g/mol. The summed E-state index contributed by atoms with van der Waals surface area (Å²) < 4.78 is 3.80. The molecule has 2 aliphatic rings. The maximum absolute atomic E-state index is 13.3. The molecule has 5 heterocycles. The molecule has 2 aromatic carbocycles. The van der Waals surface area contributed by atoms with Crippen LogP contribution < -0.4 is 16.0 Å². The molecular formula is C39H42ClN9O4S. The number of carbonyl (C=O) groups is 4. The first-order valence-corrected chi connectivity index (χ1v) is 19.5. The third-order valence-corrected chi connectivity index (χ3v) is 11.5. The number of rotatable bonds is 13. The van der Waals surface area contributed by atoms with Crippen molar-refractivity contribution >= 4 is 69.0 Å². The number of imide groups is 1. The molecule has 280 valence electrons. The van der Waals surface area contributed by atoms with Crippen LogP contribution in [0.2, 0.25) is 5.02 Å². The van der Waals surface area contributed by atoms with E-state index in [0.717, 1.165) is 70.8 Å². The number of fused-ring (bicyclic) bond motifs is 4. The van der Waals surface area contributed by atoms with Crippen LogP contribution in [0.15, 0.2) is 53.8 Å². The van der Waals surface area contributed by atoms with E-state index >= 15 is 0 Å². The molecule has 13 nitrogen and oxygen atoms in total. The number of anilines is 1. The zero-order valence-electron chi connectivity index (χ0n) is 30.4. The Morgan fingerprint density at radius 3 is 2.56 bits per heavy atom. The summed E-state index contributed by atoms with van der Waals surface area (Å²) in [7, 11) is 0. The Morgan fingerprint density at radius 2 is 1.76 bits per heavy atom. The Kier molecular flexibility index (Phi) is 11.0. The zero-order chi connectivity index (χ0) is 37.9. The van der Waals surface area contributed by atoms with E-state index in [1.54, 1.807) is 28.3 Å². The van der Waals surface area contributed by atoms with Crippen molar-refractivity contribution in [3.05, 3.63) is 87.0 Å². The second-order valence-electron chi connectivity index (χ2n) is 13.8. The molecule has 0 radical (unpaired) electrons. The van der Waals surface area contributed by atoms with Crippen LogP contribution in [0.5, 0.6) is 0 Å². The summed E-state index contributed by atoms with van der Waals surface area (Å²) in [5, 5.41) is 18.9. The molecule has 15 heteroatoms. The zero-order valence-corrected chi connectivity index (χ0v) is 32.0. The Morgan fingerprint density at radius 1 is 0.981 bits per heavy atom. The van der Waals surface area contributed by atoms with E-state index in [2.05, 4.69) is 45.0 Å². The molecular weight excluding hydrogens is 726 g/mol. The van der Waals surface area contributed by atoms with E-state index in [1.807, 2.05) is 47.9 Å². The number of carbonyl (C=O) groups excluding carboxylic acids is 4. The van der Waals surface area contributed by atoms with Crippen molar-refractivity contribution < 1.29 is 19.2 Å². The number of amides is 4. The lowest BCUT2D eigenvalue weighted by molar-refractivity contribution is -0.135. The van der Waals surface area contributed by atoms with Crippen molar-refractivity contribution in [3.63, 3.8) is 0 Å². The molecule has 2 atom stereocenters.